The van der Waals surface area contributed by atoms with Crippen molar-refractivity contribution in [3.05, 3.63) is 22.8 Å². The molecule has 5 heteroatoms. The van der Waals surface area contributed by atoms with Crippen LogP contribution in [0.15, 0.2) is 12.1 Å². The summed E-state index contributed by atoms with van der Waals surface area (Å²) in [4.78, 5) is 9.29. The highest BCUT2D eigenvalue weighted by molar-refractivity contribution is 6.31. The van der Waals surface area contributed by atoms with Crippen molar-refractivity contribution in [1.82, 2.24) is 14.8 Å². The molecule has 2 unspecified atom stereocenters. The highest BCUT2D eigenvalue weighted by Crippen LogP contribution is 2.24. The normalized spacial score (nSPS) is 24.1. The maximum Gasteiger partial charge on any atom is 0.126 e. The van der Waals surface area contributed by atoms with Crippen LogP contribution in [0.25, 0.3) is 0 Å². The predicted octanol–water partition coefficient (Wildman–Crippen LogP) is 2.16. The third-order valence-electron chi connectivity index (χ3n) is 3.86. The summed E-state index contributed by atoms with van der Waals surface area (Å²) in [5, 5.41) is 3.81. The summed E-state index contributed by atoms with van der Waals surface area (Å²) in [6.07, 6.45) is 0. The molecular formula is C14H23ClN4. The summed E-state index contributed by atoms with van der Waals surface area (Å²) in [6, 6.07) is 4.44. The number of rotatable bonds is 4. The van der Waals surface area contributed by atoms with E-state index in [1.807, 2.05) is 19.2 Å². The smallest absolute Gasteiger partial charge is 0.126 e. The maximum absolute atomic E-state index is 6.24. The lowest BCUT2D eigenvalue weighted by Crippen LogP contribution is -2.34. The number of hydrogen-bond acceptors (Lipinski definition) is 4. The van der Waals surface area contributed by atoms with Crippen LogP contribution < -0.4 is 5.32 Å². The molecule has 0 radical (unpaired) electrons. The predicted molar refractivity (Wildman–Crippen MR) is 80.7 cm³/mol. The van der Waals surface area contributed by atoms with Crippen LogP contribution in [0.2, 0.25) is 5.02 Å². The van der Waals surface area contributed by atoms with Crippen molar-refractivity contribution in [2.24, 2.45) is 5.92 Å². The standard InChI is InChI=1S/C14H23ClN4/c1-10-7-19(9-13(10)18(3)4)8-12-11(15)5-6-14(16-2)17-12/h5-6,10,13H,7-9H2,1-4H3,(H,16,17). The first-order valence-corrected chi connectivity index (χ1v) is 7.11. The number of anilines is 1. The molecule has 0 spiro atoms. The number of likely N-dealkylation sites (N-methyl/N-ethyl adjacent to an activating group) is 1. The first-order valence-electron chi connectivity index (χ1n) is 6.73. The average Bonchev–Trinajstić information content (AvgIpc) is 2.73. The van der Waals surface area contributed by atoms with E-state index in [-0.39, 0.29) is 0 Å². The van der Waals surface area contributed by atoms with Crippen molar-refractivity contribution in [2.45, 2.75) is 19.5 Å². The van der Waals surface area contributed by atoms with Crippen LogP contribution >= 0.6 is 11.6 Å². The summed E-state index contributed by atoms with van der Waals surface area (Å²) in [5.74, 6) is 1.55. The number of nitrogens with one attached hydrogen (secondary N) is 1. The summed E-state index contributed by atoms with van der Waals surface area (Å²) in [5.41, 5.74) is 0.958. The van der Waals surface area contributed by atoms with E-state index in [4.69, 9.17) is 11.6 Å². The summed E-state index contributed by atoms with van der Waals surface area (Å²) < 4.78 is 0. The highest BCUT2D eigenvalue weighted by atomic mass is 35.5. The quantitative estimate of drug-likeness (QED) is 0.917. The van der Waals surface area contributed by atoms with Crippen LogP contribution in [0.1, 0.15) is 12.6 Å². The minimum Gasteiger partial charge on any atom is -0.373 e. The third-order valence-corrected chi connectivity index (χ3v) is 4.20. The zero-order chi connectivity index (χ0) is 14.0. The van der Waals surface area contributed by atoms with E-state index in [0.29, 0.717) is 12.0 Å². The number of halogens is 1. The van der Waals surface area contributed by atoms with Crippen LogP contribution in [0.5, 0.6) is 0 Å². The fourth-order valence-corrected chi connectivity index (χ4v) is 2.96. The largest absolute Gasteiger partial charge is 0.373 e. The van der Waals surface area contributed by atoms with Gasteiger partial charge >= 0.3 is 0 Å². The van der Waals surface area contributed by atoms with Gasteiger partial charge in [-0.2, -0.15) is 0 Å². The van der Waals surface area contributed by atoms with E-state index in [1.54, 1.807) is 0 Å². The highest BCUT2D eigenvalue weighted by Gasteiger charge is 2.31. The lowest BCUT2D eigenvalue weighted by Gasteiger charge is -2.22. The molecular weight excluding hydrogens is 260 g/mol. The second kappa shape index (κ2) is 6.07. The first-order chi connectivity index (χ1) is 9.01. The summed E-state index contributed by atoms with van der Waals surface area (Å²) >= 11 is 6.24. The fraction of sp³-hybridized carbons (Fsp3) is 0.643. The molecule has 1 N–H and O–H groups in total. The van der Waals surface area contributed by atoms with Crippen molar-refractivity contribution in [3.63, 3.8) is 0 Å². The van der Waals surface area contributed by atoms with Gasteiger partial charge in [0.25, 0.3) is 0 Å². The molecule has 1 saturated heterocycles. The van der Waals surface area contributed by atoms with Gasteiger partial charge in [-0.25, -0.2) is 4.98 Å². The molecule has 0 aliphatic carbocycles. The van der Waals surface area contributed by atoms with Crippen LogP contribution in [-0.2, 0) is 6.54 Å². The Morgan fingerprint density at radius 3 is 2.74 bits per heavy atom. The van der Waals surface area contributed by atoms with Gasteiger partial charge in [0, 0.05) is 32.7 Å². The minimum atomic E-state index is 0.617. The Morgan fingerprint density at radius 1 is 1.42 bits per heavy atom. The Kier molecular flexibility index (Phi) is 4.66. The average molecular weight is 283 g/mol. The molecule has 1 aromatic heterocycles. The van der Waals surface area contributed by atoms with E-state index in [9.17, 15) is 0 Å². The van der Waals surface area contributed by atoms with Crippen molar-refractivity contribution in [3.8, 4) is 0 Å². The molecule has 0 amide bonds. The zero-order valence-electron chi connectivity index (χ0n) is 12.2. The SMILES string of the molecule is CNc1ccc(Cl)c(CN2CC(C)C(N(C)C)C2)n1. The maximum atomic E-state index is 6.24. The van der Waals surface area contributed by atoms with Gasteiger partial charge in [-0.15, -0.1) is 0 Å². The Balaban J connectivity index is 2.06. The molecule has 2 rings (SSSR count). The van der Waals surface area contributed by atoms with Gasteiger partial charge in [-0.3, -0.25) is 4.90 Å². The van der Waals surface area contributed by atoms with Gasteiger partial charge in [-0.1, -0.05) is 18.5 Å². The Morgan fingerprint density at radius 2 is 2.16 bits per heavy atom. The van der Waals surface area contributed by atoms with Crippen LogP contribution in [-0.4, -0.2) is 55.1 Å². The second-order valence-electron chi connectivity index (χ2n) is 5.58. The van der Waals surface area contributed by atoms with Crippen molar-refractivity contribution >= 4 is 17.4 Å². The van der Waals surface area contributed by atoms with Gasteiger partial charge in [-0.05, 0) is 32.1 Å². The van der Waals surface area contributed by atoms with E-state index < -0.39 is 0 Å². The van der Waals surface area contributed by atoms with Crippen molar-refractivity contribution < 1.29 is 0 Å². The monoisotopic (exact) mass is 282 g/mol. The summed E-state index contributed by atoms with van der Waals surface area (Å²) in [6.45, 7) is 5.31. The molecule has 1 aromatic rings. The number of nitrogens with zero attached hydrogens (tertiary/aromatic N) is 3. The van der Waals surface area contributed by atoms with Gasteiger partial charge in [0.1, 0.15) is 5.82 Å². The first kappa shape index (κ1) is 14.6. The van der Waals surface area contributed by atoms with Gasteiger partial charge < -0.3 is 10.2 Å². The molecule has 0 bridgehead atoms. The summed E-state index contributed by atoms with van der Waals surface area (Å²) in [7, 11) is 6.18. The number of aromatic nitrogens is 1. The molecule has 1 aliphatic heterocycles. The Labute approximate surface area is 120 Å². The van der Waals surface area contributed by atoms with Gasteiger partial charge in [0.15, 0.2) is 0 Å². The molecule has 4 nitrogen and oxygen atoms in total. The molecule has 106 valence electrons. The van der Waals surface area contributed by atoms with E-state index in [0.717, 1.165) is 36.2 Å². The Hall–Kier alpha value is -0.840. The van der Waals surface area contributed by atoms with Crippen LogP contribution in [0, 0.1) is 5.92 Å². The number of likely N-dealkylation sites (tertiary alicyclic amines) is 1. The molecule has 1 fully saturated rings. The van der Waals surface area contributed by atoms with Gasteiger partial charge in [0.05, 0.1) is 10.7 Å². The number of hydrogen-bond donors (Lipinski definition) is 1. The minimum absolute atomic E-state index is 0.617. The molecule has 19 heavy (non-hydrogen) atoms. The third kappa shape index (κ3) is 3.38. The lowest BCUT2D eigenvalue weighted by molar-refractivity contribution is 0.249. The topological polar surface area (TPSA) is 31.4 Å². The van der Waals surface area contributed by atoms with Crippen molar-refractivity contribution in [2.75, 3.05) is 39.5 Å². The molecule has 0 saturated carbocycles. The fourth-order valence-electron chi connectivity index (χ4n) is 2.80. The molecule has 1 aliphatic rings. The second-order valence-corrected chi connectivity index (χ2v) is 5.98. The van der Waals surface area contributed by atoms with E-state index >= 15 is 0 Å². The van der Waals surface area contributed by atoms with E-state index in [2.05, 4.69) is 41.1 Å². The van der Waals surface area contributed by atoms with E-state index in [1.165, 1.54) is 0 Å². The lowest BCUT2D eigenvalue weighted by atomic mass is 10.1. The molecule has 0 aromatic carbocycles. The van der Waals surface area contributed by atoms with Crippen LogP contribution in [0.4, 0.5) is 5.82 Å². The number of pyridine rings is 1. The molecule has 2 heterocycles. The molecule has 2 atom stereocenters. The Bertz CT molecular complexity index is 435. The zero-order valence-corrected chi connectivity index (χ0v) is 12.9. The van der Waals surface area contributed by atoms with Gasteiger partial charge in [0.2, 0.25) is 0 Å². The van der Waals surface area contributed by atoms with Crippen LogP contribution in [0.3, 0.4) is 0 Å². The van der Waals surface area contributed by atoms with Crippen molar-refractivity contribution in [1.29, 1.82) is 0 Å².